The van der Waals surface area contributed by atoms with Crippen molar-refractivity contribution in [3.05, 3.63) is 46.8 Å². The number of aryl methyl sites for hydroxylation is 1. The smallest absolute Gasteiger partial charge is 0.306 e. The summed E-state index contributed by atoms with van der Waals surface area (Å²) in [6.45, 7) is 4.07. The molecular weight excluding hydrogens is 275 g/mol. The lowest BCUT2D eigenvalue weighted by atomic mass is 9.88. The Morgan fingerprint density at radius 3 is 2.45 bits per heavy atom. The summed E-state index contributed by atoms with van der Waals surface area (Å²) in [5.74, 6) is 1.32. The molecule has 1 aromatic carbocycles. The van der Waals surface area contributed by atoms with Crippen LogP contribution in [0, 0.1) is 0 Å². The van der Waals surface area contributed by atoms with Crippen molar-refractivity contribution in [2.24, 2.45) is 0 Å². The van der Waals surface area contributed by atoms with Gasteiger partial charge in [0.15, 0.2) is 5.78 Å². The van der Waals surface area contributed by atoms with Gasteiger partial charge in [0.2, 0.25) is 0 Å². The Balaban J connectivity index is 2.32. The number of Topliss-reactive ketones (excluding diaryl/α,β-unsaturated/α-hetero) is 1. The third-order valence-electron chi connectivity index (χ3n) is 3.15. The van der Waals surface area contributed by atoms with E-state index in [9.17, 15) is 9.36 Å². The van der Waals surface area contributed by atoms with Gasteiger partial charge in [-0.15, -0.1) is 0 Å². The second kappa shape index (κ2) is 6.49. The average molecular weight is 294 g/mol. The lowest BCUT2D eigenvalue weighted by molar-refractivity contribution is 0.102. The van der Waals surface area contributed by atoms with E-state index in [1.807, 2.05) is 18.2 Å². The number of carbonyl (C=O) groups is 1. The molecule has 0 heterocycles. The Bertz CT molecular complexity index is 567. The van der Waals surface area contributed by atoms with E-state index >= 15 is 0 Å². The predicted octanol–water partition coefficient (Wildman–Crippen LogP) is 3.97. The summed E-state index contributed by atoms with van der Waals surface area (Å²) in [5.41, 5.74) is 2.25. The van der Waals surface area contributed by atoms with E-state index < -0.39 is 7.60 Å². The molecular formula is C15H19O4P. The molecule has 0 saturated carbocycles. The first kappa shape index (κ1) is 15.2. The number of hydrogen-bond acceptors (Lipinski definition) is 4. The molecule has 0 saturated heterocycles. The van der Waals surface area contributed by atoms with Crippen LogP contribution in [0.3, 0.4) is 0 Å². The quantitative estimate of drug-likeness (QED) is 0.609. The molecule has 0 fully saturated rings. The Hall–Kier alpha value is -1.22. The van der Waals surface area contributed by atoms with E-state index in [1.165, 1.54) is 5.82 Å². The molecule has 108 valence electrons. The molecule has 4 nitrogen and oxygen atoms in total. The van der Waals surface area contributed by atoms with Gasteiger partial charge in [-0.25, -0.2) is 0 Å². The molecule has 1 aliphatic carbocycles. The maximum Gasteiger partial charge on any atom is 0.354 e. The van der Waals surface area contributed by atoms with E-state index in [0.29, 0.717) is 17.6 Å². The van der Waals surface area contributed by atoms with Crippen molar-refractivity contribution in [3.8, 4) is 0 Å². The van der Waals surface area contributed by atoms with Crippen molar-refractivity contribution in [1.82, 2.24) is 0 Å². The number of fused-ring (bicyclic) bond motifs is 1. The first-order valence-corrected chi connectivity index (χ1v) is 8.44. The van der Waals surface area contributed by atoms with Crippen LogP contribution in [0.15, 0.2) is 35.7 Å². The molecule has 1 aromatic rings. The zero-order valence-corrected chi connectivity index (χ0v) is 12.7. The minimum Gasteiger partial charge on any atom is -0.306 e. The molecule has 0 bridgehead atoms. The van der Waals surface area contributed by atoms with Crippen molar-refractivity contribution in [2.45, 2.75) is 26.7 Å². The highest BCUT2D eigenvalue weighted by molar-refractivity contribution is 7.57. The first-order valence-electron chi connectivity index (χ1n) is 6.82. The fourth-order valence-corrected chi connectivity index (χ4v) is 3.87. The Morgan fingerprint density at radius 2 is 1.80 bits per heavy atom. The molecule has 2 rings (SSSR count). The third kappa shape index (κ3) is 3.26. The fraction of sp³-hybridized carbons (Fsp3) is 0.400. The molecule has 0 radical (unpaired) electrons. The van der Waals surface area contributed by atoms with Crippen LogP contribution in [0.1, 0.15) is 36.2 Å². The molecule has 0 atom stereocenters. The number of ketones is 1. The van der Waals surface area contributed by atoms with Crippen LogP contribution in [0.25, 0.3) is 0 Å². The number of allylic oxidation sites excluding steroid dienone is 1. The lowest BCUT2D eigenvalue weighted by Gasteiger charge is -2.19. The number of rotatable bonds is 5. The zero-order chi connectivity index (χ0) is 14.6. The summed E-state index contributed by atoms with van der Waals surface area (Å²) in [6.07, 6.45) is 1.34. The summed E-state index contributed by atoms with van der Waals surface area (Å²) >= 11 is 0. The van der Waals surface area contributed by atoms with Crippen LogP contribution in [0.5, 0.6) is 0 Å². The van der Waals surface area contributed by atoms with Crippen LogP contribution >= 0.6 is 7.60 Å². The highest BCUT2D eigenvalue weighted by Crippen LogP contribution is 2.51. The minimum atomic E-state index is -3.32. The monoisotopic (exact) mass is 294 g/mol. The largest absolute Gasteiger partial charge is 0.354 e. The molecule has 0 unspecified atom stereocenters. The van der Waals surface area contributed by atoms with E-state index in [4.69, 9.17) is 9.05 Å². The van der Waals surface area contributed by atoms with Crippen molar-refractivity contribution in [1.29, 1.82) is 0 Å². The van der Waals surface area contributed by atoms with Crippen molar-refractivity contribution >= 4 is 13.4 Å². The van der Waals surface area contributed by atoms with Gasteiger partial charge in [0.1, 0.15) is 0 Å². The normalized spacial score (nSPS) is 17.3. The van der Waals surface area contributed by atoms with Gasteiger partial charge in [-0.3, -0.25) is 9.36 Å². The van der Waals surface area contributed by atoms with Crippen LogP contribution < -0.4 is 0 Å². The van der Waals surface area contributed by atoms with Gasteiger partial charge in [-0.05, 0) is 32.3 Å². The topological polar surface area (TPSA) is 52.6 Å². The zero-order valence-electron chi connectivity index (χ0n) is 11.8. The molecule has 0 aliphatic heterocycles. The van der Waals surface area contributed by atoms with Gasteiger partial charge < -0.3 is 9.05 Å². The van der Waals surface area contributed by atoms with Crippen molar-refractivity contribution in [3.63, 3.8) is 0 Å². The van der Waals surface area contributed by atoms with Gasteiger partial charge in [0.05, 0.1) is 13.2 Å². The molecule has 0 spiro atoms. The minimum absolute atomic E-state index is 0.0773. The third-order valence-corrected chi connectivity index (χ3v) is 5.01. The highest BCUT2D eigenvalue weighted by atomic mass is 31.2. The lowest BCUT2D eigenvalue weighted by Crippen LogP contribution is -2.14. The Morgan fingerprint density at radius 1 is 1.15 bits per heavy atom. The van der Waals surface area contributed by atoms with E-state index in [0.717, 1.165) is 12.0 Å². The summed E-state index contributed by atoms with van der Waals surface area (Å²) in [5, 5.41) is 0. The second-order valence-corrected chi connectivity index (χ2v) is 6.37. The van der Waals surface area contributed by atoms with Gasteiger partial charge in [0, 0.05) is 17.0 Å². The van der Waals surface area contributed by atoms with Gasteiger partial charge in [-0.1, -0.05) is 24.3 Å². The average Bonchev–Trinajstić information content (AvgIpc) is 2.43. The van der Waals surface area contributed by atoms with E-state index in [-0.39, 0.29) is 19.0 Å². The molecule has 5 heteroatoms. The molecule has 1 aliphatic rings. The van der Waals surface area contributed by atoms with E-state index in [1.54, 1.807) is 19.9 Å². The number of carbonyl (C=O) groups excluding carboxylic acids is 1. The fourth-order valence-electron chi connectivity index (χ4n) is 2.30. The van der Waals surface area contributed by atoms with Crippen LogP contribution in [0.2, 0.25) is 0 Å². The maximum atomic E-state index is 12.5. The first-order chi connectivity index (χ1) is 9.59. The summed E-state index contributed by atoms with van der Waals surface area (Å²) < 4.78 is 22.9. The summed E-state index contributed by atoms with van der Waals surface area (Å²) in [4.78, 5) is 12.4. The highest BCUT2D eigenvalue weighted by Gasteiger charge is 2.27. The SMILES string of the molecule is CCOP(=O)(/C=C1/CCc2ccccc2C1=O)OCC. The van der Waals surface area contributed by atoms with Crippen LogP contribution in [-0.4, -0.2) is 19.0 Å². The Kier molecular flexibility index (Phi) is 4.92. The number of hydrogen-bond donors (Lipinski definition) is 0. The van der Waals surface area contributed by atoms with Crippen LogP contribution in [0.4, 0.5) is 0 Å². The summed E-state index contributed by atoms with van der Waals surface area (Å²) in [6, 6.07) is 7.52. The van der Waals surface area contributed by atoms with Gasteiger partial charge in [-0.2, -0.15) is 0 Å². The summed E-state index contributed by atoms with van der Waals surface area (Å²) in [7, 11) is -3.32. The van der Waals surface area contributed by atoms with Gasteiger partial charge in [0.25, 0.3) is 0 Å². The van der Waals surface area contributed by atoms with E-state index in [2.05, 4.69) is 0 Å². The standard InChI is InChI=1S/C15H19O4P/c1-3-18-20(17,19-4-2)11-13-10-9-12-7-5-6-8-14(12)15(13)16/h5-8,11H,3-4,9-10H2,1-2H3/b13-11-. The molecule has 0 aromatic heterocycles. The van der Waals surface area contributed by atoms with Crippen molar-refractivity contribution in [2.75, 3.05) is 13.2 Å². The van der Waals surface area contributed by atoms with Crippen molar-refractivity contribution < 1.29 is 18.4 Å². The molecule has 0 amide bonds. The maximum absolute atomic E-state index is 12.5. The number of benzene rings is 1. The molecule has 20 heavy (non-hydrogen) atoms. The molecule has 0 N–H and O–H groups in total. The van der Waals surface area contributed by atoms with Crippen LogP contribution in [-0.2, 0) is 20.0 Å². The Labute approximate surface area is 119 Å². The van der Waals surface area contributed by atoms with Gasteiger partial charge >= 0.3 is 7.60 Å². The second-order valence-electron chi connectivity index (χ2n) is 4.52. The predicted molar refractivity (Wildman–Crippen MR) is 78.0 cm³/mol.